The Morgan fingerprint density at radius 1 is 0.333 bits per heavy atom. The third kappa shape index (κ3) is 6.38. The highest BCUT2D eigenvalue weighted by Gasteiger charge is 2.16. The predicted molar refractivity (Wildman–Crippen MR) is 216 cm³/mol. The minimum atomic E-state index is 0.570. The van der Waals surface area contributed by atoms with Gasteiger partial charge in [0.1, 0.15) is 0 Å². The molecule has 0 aliphatic heterocycles. The lowest BCUT2D eigenvalue weighted by molar-refractivity contribution is 1.07. The van der Waals surface area contributed by atoms with Crippen molar-refractivity contribution in [1.29, 1.82) is 5.26 Å². The van der Waals surface area contributed by atoms with Crippen LogP contribution in [0.2, 0.25) is 0 Å². The average molecular weight is 691 g/mol. The number of nitrogens with zero attached hydrogens (tertiary/aromatic N) is 6. The lowest BCUT2D eigenvalue weighted by Crippen LogP contribution is -2.00. The summed E-state index contributed by atoms with van der Waals surface area (Å²) >= 11 is 0. The Morgan fingerprint density at radius 2 is 0.796 bits per heavy atom. The lowest BCUT2D eigenvalue weighted by atomic mass is 9.91. The molecule has 0 saturated heterocycles. The van der Waals surface area contributed by atoms with Gasteiger partial charge in [-0.2, -0.15) is 5.26 Å². The maximum atomic E-state index is 9.98. The van der Waals surface area contributed by atoms with Gasteiger partial charge in [0.05, 0.1) is 22.8 Å². The van der Waals surface area contributed by atoms with Crippen LogP contribution in [0.15, 0.2) is 182 Å². The van der Waals surface area contributed by atoms with Crippen molar-refractivity contribution in [3.8, 4) is 85.1 Å². The topological polar surface area (TPSA) is 88.2 Å². The van der Waals surface area contributed by atoms with E-state index in [9.17, 15) is 5.26 Å². The zero-order valence-corrected chi connectivity index (χ0v) is 29.0. The second-order valence-corrected chi connectivity index (χ2v) is 12.9. The summed E-state index contributed by atoms with van der Waals surface area (Å²) in [6.07, 6.45) is 0. The van der Waals surface area contributed by atoms with Crippen LogP contribution in [0.3, 0.4) is 0 Å². The van der Waals surface area contributed by atoms with Crippen LogP contribution in [0, 0.1) is 11.3 Å². The second kappa shape index (κ2) is 14.2. The summed E-state index contributed by atoms with van der Waals surface area (Å²) in [5.41, 5.74) is 10.7. The molecule has 0 aliphatic rings. The largest absolute Gasteiger partial charge is 0.228 e. The Balaban J connectivity index is 1.16. The van der Waals surface area contributed by atoms with Gasteiger partial charge in [0.2, 0.25) is 0 Å². The molecule has 0 radical (unpaired) electrons. The van der Waals surface area contributed by atoms with Crippen molar-refractivity contribution in [3.05, 3.63) is 188 Å². The first-order chi connectivity index (χ1) is 26.7. The van der Waals surface area contributed by atoms with Gasteiger partial charge in [-0.15, -0.1) is 0 Å². The standard InChI is InChI=1S/C48H30N6/c49-31-32-26-27-40(36-20-12-23-39(29-36)48-53-45(34-16-6-2-7-17-34)52-46(54-48)35-18-8-3-9-19-35)42(28-32)37-21-13-22-38(30-37)47-50-43-25-11-10-24-41(43)44(51-47)33-14-4-1-5-15-33/h1-30H. The zero-order chi connectivity index (χ0) is 36.3. The molecule has 0 unspecified atom stereocenters. The van der Waals surface area contributed by atoms with Gasteiger partial charge >= 0.3 is 0 Å². The van der Waals surface area contributed by atoms with E-state index in [0.717, 1.165) is 66.7 Å². The highest BCUT2D eigenvalue weighted by Crippen LogP contribution is 2.37. The molecular formula is C48H30N6. The maximum Gasteiger partial charge on any atom is 0.164 e. The highest BCUT2D eigenvalue weighted by molar-refractivity contribution is 5.94. The Kier molecular flexibility index (Phi) is 8.48. The molecule has 7 aromatic carbocycles. The molecule has 54 heavy (non-hydrogen) atoms. The average Bonchev–Trinajstić information content (AvgIpc) is 3.26. The molecule has 6 heteroatoms. The van der Waals surface area contributed by atoms with E-state index >= 15 is 0 Å². The van der Waals surface area contributed by atoms with E-state index in [4.69, 9.17) is 24.9 Å². The van der Waals surface area contributed by atoms with Crippen molar-refractivity contribution in [1.82, 2.24) is 24.9 Å². The SMILES string of the molecule is N#Cc1ccc(-c2cccc(-c3nc(-c4ccccc4)nc(-c4ccccc4)n3)c2)c(-c2cccc(-c3nc(-c4ccccc4)c4ccccc4n3)c2)c1. The van der Waals surface area contributed by atoms with Crippen molar-refractivity contribution in [2.45, 2.75) is 0 Å². The number of para-hydroxylation sites is 1. The summed E-state index contributed by atoms with van der Waals surface area (Å²) in [4.78, 5) is 24.9. The normalized spacial score (nSPS) is 10.9. The molecule has 0 spiro atoms. The monoisotopic (exact) mass is 690 g/mol. The number of rotatable bonds is 7. The Morgan fingerprint density at radius 3 is 1.39 bits per heavy atom. The Hall–Kier alpha value is -7.62. The van der Waals surface area contributed by atoms with Crippen LogP contribution >= 0.6 is 0 Å². The van der Waals surface area contributed by atoms with Gasteiger partial charge in [-0.25, -0.2) is 24.9 Å². The molecule has 0 amide bonds. The fourth-order valence-corrected chi connectivity index (χ4v) is 6.72. The van der Waals surface area contributed by atoms with Gasteiger partial charge < -0.3 is 0 Å². The Bertz CT molecular complexity index is 2770. The molecule has 9 rings (SSSR count). The molecule has 9 aromatic rings. The molecule has 0 N–H and O–H groups in total. The molecule has 0 atom stereocenters. The molecule has 2 aromatic heterocycles. The van der Waals surface area contributed by atoms with E-state index in [1.54, 1.807) is 0 Å². The van der Waals surface area contributed by atoms with Crippen LogP contribution in [-0.2, 0) is 0 Å². The smallest absolute Gasteiger partial charge is 0.164 e. The molecule has 252 valence electrons. The quantitative estimate of drug-likeness (QED) is 0.165. The first kappa shape index (κ1) is 32.3. The van der Waals surface area contributed by atoms with Crippen LogP contribution in [-0.4, -0.2) is 24.9 Å². The van der Waals surface area contributed by atoms with Crippen molar-refractivity contribution in [3.63, 3.8) is 0 Å². The molecule has 0 bridgehead atoms. The van der Waals surface area contributed by atoms with Crippen molar-refractivity contribution in [2.75, 3.05) is 0 Å². The number of benzene rings is 7. The maximum absolute atomic E-state index is 9.98. The Labute approximate surface area is 312 Å². The van der Waals surface area contributed by atoms with E-state index in [1.165, 1.54) is 0 Å². The first-order valence-corrected chi connectivity index (χ1v) is 17.6. The first-order valence-electron chi connectivity index (χ1n) is 17.6. The van der Waals surface area contributed by atoms with Crippen molar-refractivity contribution in [2.24, 2.45) is 0 Å². The van der Waals surface area contributed by atoms with E-state index in [1.807, 2.05) is 140 Å². The molecule has 0 saturated carbocycles. The third-order valence-electron chi connectivity index (χ3n) is 9.36. The fourth-order valence-electron chi connectivity index (χ4n) is 6.72. The fraction of sp³-hybridized carbons (Fsp3) is 0. The third-order valence-corrected chi connectivity index (χ3v) is 9.36. The predicted octanol–water partition coefficient (Wildman–Crippen LogP) is 11.4. The number of aromatic nitrogens is 5. The van der Waals surface area contributed by atoms with Crippen LogP contribution < -0.4 is 0 Å². The van der Waals surface area contributed by atoms with Gasteiger partial charge in [-0.1, -0.05) is 152 Å². The zero-order valence-electron chi connectivity index (χ0n) is 29.0. The number of hydrogen-bond acceptors (Lipinski definition) is 6. The van der Waals surface area contributed by atoms with E-state index in [-0.39, 0.29) is 0 Å². The molecule has 2 heterocycles. The summed E-state index contributed by atoms with van der Waals surface area (Å²) < 4.78 is 0. The minimum absolute atomic E-state index is 0.570. The van der Waals surface area contributed by atoms with Crippen LogP contribution in [0.25, 0.3) is 90.0 Å². The van der Waals surface area contributed by atoms with Crippen molar-refractivity contribution < 1.29 is 0 Å². The minimum Gasteiger partial charge on any atom is -0.228 e. The van der Waals surface area contributed by atoms with Gasteiger partial charge in [0, 0.05) is 33.2 Å². The van der Waals surface area contributed by atoms with E-state index in [2.05, 4.69) is 48.5 Å². The van der Waals surface area contributed by atoms with Gasteiger partial charge in [0.15, 0.2) is 23.3 Å². The highest BCUT2D eigenvalue weighted by atomic mass is 15.0. The van der Waals surface area contributed by atoms with E-state index in [0.29, 0.717) is 28.9 Å². The molecule has 0 fully saturated rings. The van der Waals surface area contributed by atoms with Gasteiger partial charge in [-0.05, 0) is 52.6 Å². The van der Waals surface area contributed by atoms with Crippen LogP contribution in [0.1, 0.15) is 5.56 Å². The summed E-state index contributed by atoms with van der Waals surface area (Å²) in [5.74, 6) is 2.41. The van der Waals surface area contributed by atoms with Crippen LogP contribution in [0.4, 0.5) is 0 Å². The van der Waals surface area contributed by atoms with Crippen LogP contribution in [0.5, 0.6) is 0 Å². The molecule has 0 aliphatic carbocycles. The number of fused-ring (bicyclic) bond motifs is 1. The van der Waals surface area contributed by atoms with Gasteiger partial charge in [-0.3, -0.25) is 0 Å². The van der Waals surface area contributed by atoms with E-state index < -0.39 is 0 Å². The summed E-state index contributed by atoms with van der Waals surface area (Å²) in [7, 11) is 0. The molecular weight excluding hydrogens is 661 g/mol. The number of nitriles is 1. The molecule has 6 nitrogen and oxygen atoms in total. The number of hydrogen-bond donors (Lipinski definition) is 0. The van der Waals surface area contributed by atoms with Gasteiger partial charge in [0.25, 0.3) is 0 Å². The van der Waals surface area contributed by atoms with Crippen molar-refractivity contribution >= 4 is 10.9 Å². The lowest BCUT2D eigenvalue weighted by Gasteiger charge is -2.14. The summed E-state index contributed by atoms with van der Waals surface area (Å²) in [5, 5.41) is 11.0. The second-order valence-electron chi connectivity index (χ2n) is 12.9. The summed E-state index contributed by atoms with van der Waals surface area (Å²) in [6.45, 7) is 0. The summed E-state index contributed by atoms with van der Waals surface area (Å²) in [6, 6.07) is 62.8.